The third kappa shape index (κ3) is 2.54. The van der Waals surface area contributed by atoms with Gasteiger partial charge in [-0.25, -0.2) is 0 Å². The zero-order chi connectivity index (χ0) is 10.0. The maximum Gasteiger partial charge on any atom is 0.306 e. The van der Waals surface area contributed by atoms with Gasteiger partial charge in [-0.05, 0) is 0 Å². The van der Waals surface area contributed by atoms with Crippen molar-refractivity contribution in [2.75, 3.05) is 0 Å². The van der Waals surface area contributed by atoms with Gasteiger partial charge in [0.1, 0.15) is 11.9 Å². The zero-order valence-corrected chi connectivity index (χ0v) is 8.37. The van der Waals surface area contributed by atoms with Crippen molar-refractivity contribution in [3.63, 3.8) is 0 Å². The van der Waals surface area contributed by atoms with E-state index >= 15 is 0 Å². The summed E-state index contributed by atoms with van der Waals surface area (Å²) in [4.78, 5) is 22.2. The Morgan fingerprint density at radius 3 is 2.62 bits per heavy atom. The summed E-state index contributed by atoms with van der Waals surface area (Å²) >= 11 is 0. The Bertz CT molecular complexity index is 220. The second-order valence-corrected chi connectivity index (χ2v) is 4.03. The molecule has 0 N–H and O–H groups in total. The predicted octanol–water partition coefficient (Wildman–Crippen LogP) is 1.55. The van der Waals surface area contributed by atoms with Crippen molar-refractivity contribution in [1.29, 1.82) is 0 Å². The van der Waals surface area contributed by atoms with Crippen molar-refractivity contribution in [2.45, 2.75) is 39.7 Å². The standard InChI is InChI=1S/C10H16O3/c1-6(2)8(11)5-9-7(3)4-10(12)13-9/h6-7,9H,4-5H2,1-3H3/t7-,9-/m1/s1. The van der Waals surface area contributed by atoms with Crippen molar-refractivity contribution in [1.82, 2.24) is 0 Å². The molecule has 1 heterocycles. The molecule has 0 unspecified atom stereocenters. The van der Waals surface area contributed by atoms with Gasteiger partial charge >= 0.3 is 5.97 Å². The van der Waals surface area contributed by atoms with Gasteiger partial charge in [0.05, 0.1) is 6.42 Å². The molecular weight excluding hydrogens is 168 g/mol. The first kappa shape index (κ1) is 10.2. The van der Waals surface area contributed by atoms with Crippen LogP contribution in [0.3, 0.4) is 0 Å². The number of hydrogen-bond donors (Lipinski definition) is 0. The van der Waals surface area contributed by atoms with Crippen molar-refractivity contribution >= 4 is 11.8 Å². The summed E-state index contributed by atoms with van der Waals surface area (Å²) in [5, 5.41) is 0. The first-order valence-electron chi connectivity index (χ1n) is 4.73. The number of esters is 1. The van der Waals surface area contributed by atoms with E-state index in [4.69, 9.17) is 4.74 Å². The second-order valence-electron chi connectivity index (χ2n) is 4.03. The number of rotatable bonds is 3. The van der Waals surface area contributed by atoms with Crippen LogP contribution in [0.5, 0.6) is 0 Å². The van der Waals surface area contributed by atoms with Crippen LogP contribution in [0, 0.1) is 11.8 Å². The highest BCUT2D eigenvalue weighted by molar-refractivity contribution is 5.82. The summed E-state index contributed by atoms with van der Waals surface area (Å²) in [5.41, 5.74) is 0. The first-order valence-corrected chi connectivity index (χ1v) is 4.73. The molecule has 0 aromatic heterocycles. The van der Waals surface area contributed by atoms with Gasteiger partial charge in [0.25, 0.3) is 0 Å². The quantitative estimate of drug-likeness (QED) is 0.625. The Kier molecular flexibility index (Phi) is 3.07. The minimum absolute atomic E-state index is 0.0338. The Balaban J connectivity index is 2.46. The van der Waals surface area contributed by atoms with Gasteiger partial charge < -0.3 is 4.74 Å². The number of carbonyl (C=O) groups is 2. The lowest BCUT2D eigenvalue weighted by atomic mass is 9.95. The van der Waals surface area contributed by atoms with Crippen LogP contribution in [0.15, 0.2) is 0 Å². The monoisotopic (exact) mass is 184 g/mol. The van der Waals surface area contributed by atoms with Crippen molar-refractivity contribution < 1.29 is 14.3 Å². The predicted molar refractivity (Wildman–Crippen MR) is 48.1 cm³/mol. The van der Waals surface area contributed by atoms with Crippen LogP contribution in [0.25, 0.3) is 0 Å². The fraction of sp³-hybridized carbons (Fsp3) is 0.800. The average molecular weight is 184 g/mol. The molecule has 0 aliphatic carbocycles. The number of hydrogen-bond acceptors (Lipinski definition) is 3. The van der Waals surface area contributed by atoms with E-state index in [-0.39, 0.29) is 29.7 Å². The van der Waals surface area contributed by atoms with Gasteiger partial charge in [-0.2, -0.15) is 0 Å². The largest absolute Gasteiger partial charge is 0.462 e. The number of cyclic esters (lactones) is 1. The van der Waals surface area contributed by atoms with Crippen molar-refractivity contribution in [3.05, 3.63) is 0 Å². The number of ether oxygens (including phenoxy) is 1. The molecule has 3 heteroatoms. The molecule has 1 saturated heterocycles. The molecule has 0 aromatic rings. The molecule has 3 nitrogen and oxygen atoms in total. The van der Waals surface area contributed by atoms with Crippen LogP contribution < -0.4 is 0 Å². The van der Waals surface area contributed by atoms with E-state index < -0.39 is 0 Å². The second kappa shape index (κ2) is 3.90. The molecule has 0 bridgehead atoms. The van der Waals surface area contributed by atoms with E-state index in [1.54, 1.807) is 0 Å². The van der Waals surface area contributed by atoms with Gasteiger partial charge in [-0.15, -0.1) is 0 Å². The van der Waals surface area contributed by atoms with Crippen LogP contribution in [0.4, 0.5) is 0 Å². The van der Waals surface area contributed by atoms with Crippen LogP contribution in [-0.2, 0) is 14.3 Å². The minimum atomic E-state index is -0.178. The third-order valence-corrected chi connectivity index (χ3v) is 2.45. The lowest BCUT2D eigenvalue weighted by Gasteiger charge is -2.13. The van der Waals surface area contributed by atoms with E-state index in [2.05, 4.69) is 0 Å². The first-order chi connectivity index (χ1) is 6.00. The Morgan fingerprint density at radius 2 is 2.23 bits per heavy atom. The smallest absolute Gasteiger partial charge is 0.306 e. The lowest BCUT2D eigenvalue weighted by Crippen LogP contribution is -2.21. The van der Waals surface area contributed by atoms with Crippen LogP contribution in [0.2, 0.25) is 0 Å². The van der Waals surface area contributed by atoms with Gasteiger partial charge in [-0.3, -0.25) is 9.59 Å². The lowest BCUT2D eigenvalue weighted by molar-refractivity contribution is -0.142. The number of carbonyl (C=O) groups excluding carboxylic acids is 2. The molecule has 74 valence electrons. The maximum absolute atomic E-state index is 11.4. The summed E-state index contributed by atoms with van der Waals surface area (Å²) in [7, 11) is 0. The number of ketones is 1. The van der Waals surface area contributed by atoms with Crippen LogP contribution >= 0.6 is 0 Å². The van der Waals surface area contributed by atoms with Gasteiger partial charge in [0.2, 0.25) is 0 Å². The average Bonchev–Trinajstić information content (AvgIpc) is 2.30. The summed E-state index contributed by atoms with van der Waals surface area (Å²) in [6, 6.07) is 0. The summed E-state index contributed by atoms with van der Waals surface area (Å²) in [6.45, 7) is 5.68. The Hall–Kier alpha value is -0.860. The van der Waals surface area contributed by atoms with E-state index in [0.29, 0.717) is 12.8 Å². The van der Waals surface area contributed by atoms with E-state index in [0.717, 1.165) is 0 Å². The molecular formula is C10H16O3. The Morgan fingerprint density at radius 1 is 1.62 bits per heavy atom. The molecule has 0 aromatic carbocycles. The van der Waals surface area contributed by atoms with E-state index in [1.807, 2.05) is 20.8 Å². The highest BCUT2D eigenvalue weighted by atomic mass is 16.5. The SMILES string of the molecule is CC(C)C(=O)C[C@H]1OC(=O)C[C@H]1C. The van der Waals surface area contributed by atoms with Crippen LogP contribution in [0.1, 0.15) is 33.6 Å². The van der Waals surface area contributed by atoms with Crippen molar-refractivity contribution in [2.24, 2.45) is 11.8 Å². The van der Waals surface area contributed by atoms with Crippen molar-refractivity contribution in [3.8, 4) is 0 Å². The highest BCUT2D eigenvalue weighted by Gasteiger charge is 2.33. The normalized spacial score (nSPS) is 27.8. The van der Waals surface area contributed by atoms with Gasteiger partial charge in [0, 0.05) is 18.3 Å². The van der Waals surface area contributed by atoms with Gasteiger partial charge in [0.15, 0.2) is 0 Å². The van der Waals surface area contributed by atoms with E-state index in [9.17, 15) is 9.59 Å². The highest BCUT2D eigenvalue weighted by Crippen LogP contribution is 2.24. The molecule has 2 atom stereocenters. The summed E-state index contributed by atoms with van der Waals surface area (Å²) in [5.74, 6) is 0.224. The molecule has 1 aliphatic heterocycles. The van der Waals surface area contributed by atoms with E-state index in [1.165, 1.54) is 0 Å². The summed E-state index contributed by atoms with van der Waals surface area (Å²) in [6.07, 6.45) is 0.656. The van der Waals surface area contributed by atoms with Crippen LogP contribution in [-0.4, -0.2) is 17.9 Å². The summed E-state index contributed by atoms with van der Waals surface area (Å²) < 4.78 is 5.03. The van der Waals surface area contributed by atoms with Gasteiger partial charge in [-0.1, -0.05) is 20.8 Å². The Labute approximate surface area is 78.5 Å². The fourth-order valence-electron chi connectivity index (χ4n) is 1.40. The number of Topliss-reactive ketones (excluding diaryl/α,β-unsaturated/α-hetero) is 1. The maximum atomic E-state index is 11.4. The molecule has 0 radical (unpaired) electrons. The molecule has 1 fully saturated rings. The molecule has 1 rings (SSSR count). The zero-order valence-electron chi connectivity index (χ0n) is 8.37. The molecule has 0 spiro atoms. The topological polar surface area (TPSA) is 43.4 Å². The molecule has 0 saturated carbocycles. The molecule has 1 aliphatic rings. The minimum Gasteiger partial charge on any atom is -0.462 e. The molecule has 0 amide bonds. The fourth-order valence-corrected chi connectivity index (χ4v) is 1.40. The third-order valence-electron chi connectivity index (χ3n) is 2.45. The molecule has 13 heavy (non-hydrogen) atoms.